The van der Waals surface area contributed by atoms with E-state index < -0.39 is 0 Å². The summed E-state index contributed by atoms with van der Waals surface area (Å²) in [5.74, 6) is 0.559. The minimum absolute atomic E-state index is 0.263. The molecule has 2 aromatic heterocycles. The number of halogens is 1. The first-order chi connectivity index (χ1) is 10.7. The van der Waals surface area contributed by atoms with Gasteiger partial charge >= 0.3 is 0 Å². The number of aromatic nitrogens is 3. The first-order valence-electron chi connectivity index (χ1n) is 6.76. The fourth-order valence-corrected chi connectivity index (χ4v) is 1.96. The number of rotatable bonds is 4. The molecular weight excluding hydrogens is 285 g/mol. The van der Waals surface area contributed by atoms with E-state index in [0.717, 1.165) is 5.56 Å². The Bertz CT molecular complexity index is 771. The van der Waals surface area contributed by atoms with Crippen LogP contribution in [0.25, 0.3) is 22.6 Å². The van der Waals surface area contributed by atoms with Crippen molar-refractivity contribution in [3.8, 4) is 22.6 Å². The summed E-state index contributed by atoms with van der Waals surface area (Å²) < 4.78 is 23.5. The molecule has 0 aliphatic carbocycles. The number of benzene rings is 1. The maximum atomic E-state index is 13.2. The van der Waals surface area contributed by atoms with Crippen LogP contribution in [0.2, 0.25) is 0 Å². The zero-order valence-corrected chi connectivity index (χ0v) is 12.2. The summed E-state index contributed by atoms with van der Waals surface area (Å²) in [6.45, 7) is 1.82. The molecule has 0 bridgehead atoms. The van der Waals surface area contributed by atoms with Crippen molar-refractivity contribution in [1.82, 2.24) is 15.1 Å². The van der Waals surface area contributed by atoms with Crippen molar-refractivity contribution in [2.45, 2.75) is 13.0 Å². The van der Waals surface area contributed by atoms with E-state index in [2.05, 4.69) is 15.1 Å². The monoisotopic (exact) mass is 299 g/mol. The molecule has 0 amide bonds. The zero-order chi connectivity index (χ0) is 15.5. The molecule has 1 atom stereocenters. The second-order valence-corrected chi connectivity index (χ2v) is 4.78. The SMILES string of the molecule is COC(C)c1nc(-c2ccc(-c3cccc(F)c3)nc2)no1. The van der Waals surface area contributed by atoms with Crippen molar-refractivity contribution in [1.29, 1.82) is 0 Å². The lowest BCUT2D eigenvalue weighted by Crippen LogP contribution is -1.95. The van der Waals surface area contributed by atoms with Gasteiger partial charge in [-0.1, -0.05) is 17.3 Å². The average Bonchev–Trinajstić information content (AvgIpc) is 3.04. The minimum Gasteiger partial charge on any atom is -0.372 e. The summed E-state index contributed by atoms with van der Waals surface area (Å²) in [7, 11) is 1.57. The van der Waals surface area contributed by atoms with Crippen LogP contribution in [0.5, 0.6) is 0 Å². The summed E-state index contributed by atoms with van der Waals surface area (Å²) in [6, 6.07) is 9.90. The molecule has 0 saturated carbocycles. The molecule has 3 rings (SSSR count). The van der Waals surface area contributed by atoms with Crippen LogP contribution in [0, 0.1) is 5.82 Å². The van der Waals surface area contributed by atoms with Gasteiger partial charge in [0.1, 0.15) is 11.9 Å². The molecule has 1 aromatic carbocycles. The summed E-state index contributed by atoms with van der Waals surface area (Å²) in [5, 5.41) is 3.91. The van der Waals surface area contributed by atoms with E-state index >= 15 is 0 Å². The maximum Gasteiger partial charge on any atom is 0.255 e. The molecule has 0 fully saturated rings. The van der Waals surface area contributed by atoms with Gasteiger partial charge in [0.05, 0.1) is 5.69 Å². The van der Waals surface area contributed by atoms with Gasteiger partial charge in [0, 0.05) is 24.4 Å². The lowest BCUT2D eigenvalue weighted by molar-refractivity contribution is 0.0886. The molecule has 0 spiro atoms. The predicted octanol–water partition coefficient (Wildman–Crippen LogP) is 3.65. The number of pyridine rings is 1. The number of ether oxygens (including phenoxy) is 1. The molecule has 0 saturated heterocycles. The van der Waals surface area contributed by atoms with Crippen LogP contribution in [-0.2, 0) is 4.74 Å². The van der Waals surface area contributed by atoms with E-state index in [9.17, 15) is 4.39 Å². The highest BCUT2D eigenvalue weighted by atomic mass is 19.1. The molecule has 0 aliphatic rings. The summed E-state index contributed by atoms with van der Waals surface area (Å²) in [6.07, 6.45) is 1.37. The Balaban J connectivity index is 1.86. The first-order valence-corrected chi connectivity index (χ1v) is 6.76. The van der Waals surface area contributed by atoms with E-state index in [-0.39, 0.29) is 11.9 Å². The van der Waals surface area contributed by atoms with Crippen LogP contribution in [0.3, 0.4) is 0 Å². The molecule has 3 aromatic rings. The molecule has 5 nitrogen and oxygen atoms in total. The summed E-state index contributed by atoms with van der Waals surface area (Å²) in [5.41, 5.74) is 2.11. The topological polar surface area (TPSA) is 61.0 Å². The van der Waals surface area contributed by atoms with E-state index in [1.54, 1.807) is 31.5 Å². The Hall–Kier alpha value is -2.60. The number of methoxy groups -OCH3 is 1. The highest BCUT2D eigenvalue weighted by Gasteiger charge is 2.14. The van der Waals surface area contributed by atoms with Crippen LogP contribution in [0.15, 0.2) is 47.1 Å². The van der Waals surface area contributed by atoms with Gasteiger partial charge in [-0.15, -0.1) is 0 Å². The van der Waals surface area contributed by atoms with Crippen LogP contribution < -0.4 is 0 Å². The van der Waals surface area contributed by atoms with Gasteiger partial charge in [0.25, 0.3) is 5.89 Å². The first kappa shape index (κ1) is 14.3. The lowest BCUT2D eigenvalue weighted by Gasteiger charge is -2.02. The second-order valence-electron chi connectivity index (χ2n) is 4.78. The zero-order valence-electron chi connectivity index (χ0n) is 12.2. The van der Waals surface area contributed by atoms with Crippen molar-refractivity contribution < 1.29 is 13.7 Å². The normalized spacial score (nSPS) is 12.3. The maximum absolute atomic E-state index is 13.2. The van der Waals surface area contributed by atoms with Gasteiger partial charge in [-0.3, -0.25) is 4.98 Å². The Morgan fingerprint density at radius 2 is 2.05 bits per heavy atom. The quantitative estimate of drug-likeness (QED) is 0.736. The molecule has 2 heterocycles. The van der Waals surface area contributed by atoms with E-state index in [0.29, 0.717) is 23.0 Å². The van der Waals surface area contributed by atoms with Crippen LogP contribution in [0.4, 0.5) is 4.39 Å². The number of hydrogen-bond acceptors (Lipinski definition) is 5. The largest absolute Gasteiger partial charge is 0.372 e. The second kappa shape index (κ2) is 6.03. The third kappa shape index (κ3) is 2.87. The standard InChI is InChI=1S/C16H14FN3O2/c1-10(21-2)16-19-15(20-22-16)12-6-7-14(18-9-12)11-4-3-5-13(17)8-11/h3-10H,1-2H3. The third-order valence-electron chi connectivity index (χ3n) is 3.29. The summed E-state index contributed by atoms with van der Waals surface area (Å²) >= 11 is 0. The van der Waals surface area contributed by atoms with Gasteiger partial charge in [0.15, 0.2) is 0 Å². The van der Waals surface area contributed by atoms with Gasteiger partial charge in [-0.25, -0.2) is 4.39 Å². The fraction of sp³-hybridized carbons (Fsp3) is 0.188. The van der Waals surface area contributed by atoms with Crippen LogP contribution in [-0.4, -0.2) is 22.2 Å². The molecule has 0 aliphatic heterocycles. The van der Waals surface area contributed by atoms with E-state index in [4.69, 9.17) is 9.26 Å². The smallest absolute Gasteiger partial charge is 0.255 e. The predicted molar refractivity (Wildman–Crippen MR) is 78.3 cm³/mol. The Morgan fingerprint density at radius 1 is 1.18 bits per heavy atom. The Labute approximate surface area is 126 Å². The summed E-state index contributed by atoms with van der Waals surface area (Å²) in [4.78, 5) is 8.59. The lowest BCUT2D eigenvalue weighted by atomic mass is 10.1. The molecule has 1 unspecified atom stereocenters. The molecule has 0 radical (unpaired) electrons. The Kier molecular flexibility index (Phi) is 3.93. The highest BCUT2D eigenvalue weighted by Crippen LogP contribution is 2.23. The average molecular weight is 299 g/mol. The fourth-order valence-electron chi connectivity index (χ4n) is 1.96. The van der Waals surface area contributed by atoms with Gasteiger partial charge in [0.2, 0.25) is 5.82 Å². The van der Waals surface area contributed by atoms with E-state index in [1.807, 2.05) is 13.0 Å². The van der Waals surface area contributed by atoms with Crippen molar-refractivity contribution >= 4 is 0 Å². The Morgan fingerprint density at radius 3 is 2.73 bits per heavy atom. The third-order valence-corrected chi connectivity index (χ3v) is 3.29. The van der Waals surface area contributed by atoms with Crippen molar-refractivity contribution in [2.75, 3.05) is 7.11 Å². The minimum atomic E-state index is -0.292. The van der Waals surface area contributed by atoms with Crippen molar-refractivity contribution in [2.24, 2.45) is 0 Å². The molecule has 112 valence electrons. The van der Waals surface area contributed by atoms with Crippen molar-refractivity contribution in [3.63, 3.8) is 0 Å². The van der Waals surface area contributed by atoms with E-state index in [1.165, 1.54) is 12.1 Å². The number of nitrogens with zero attached hydrogens (tertiary/aromatic N) is 3. The molecule has 22 heavy (non-hydrogen) atoms. The van der Waals surface area contributed by atoms with Crippen LogP contribution in [0.1, 0.15) is 18.9 Å². The highest BCUT2D eigenvalue weighted by molar-refractivity contribution is 5.62. The van der Waals surface area contributed by atoms with Gasteiger partial charge in [-0.2, -0.15) is 4.98 Å². The molecule has 0 N–H and O–H groups in total. The molecule has 6 heteroatoms. The van der Waals surface area contributed by atoms with Gasteiger partial charge in [-0.05, 0) is 31.2 Å². The number of hydrogen-bond donors (Lipinski definition) is 0. The van der Waals surface area contributed by atoms with Gasteiger partial charge < -0.3 is 9.26 Å². The molecular formula is C16H14FN3O2. The van der Waals surface area contributed by atoms with Crippen molar-refractivity contribution in [3.05, 3.63) is 54.3 Å². The van der Waals surface area contributed by atoms with Crippen LogP contribution >= 0.6 is 0 Å².